The van der Waals surface area contributed by atoms with Crippen molar-refractivity contribution in [2.75, 3.05) is 18.1 Å². The Hall–Kier alpha value is 0.1000. The SMILES string of the molecule is CCCSC(=S)SCCC(F)(F)C(C)(C#N)CCCO. The van der Waals surface area contributed by atoms with E-state index in [-0.39, 0.29) is 31.6 Å². The number of alkyl halides is 2. The van der Waals surface area contributed by atoms with E-state index < -0.39 is 11.3 Å². The third kappa shape index (κ3) is 6.70. The summed E-state index contributed by atoms with van der Waals surface area (Å²) >= 11 is 7.84. The van der Waals surface area contributed by atoms with Crippen molar-refractivity contribution in [1.82, 2.24) is 0 Å². The standard InChI is InChI=1S/C13H21F2NOS3/c1-3-8-19-11(18)20-9-6-13(14,15)12(2,10-16)5-4-7-17/h17H,3-9H2,1-2H3. The summed E-state index contributed by atoms with van der Waals surface area (Å²) < 4.78 is 28.9. The van der Waals surface area contributed by atoms with Crippen LogP contribution >= 0.6 is 35.7 Å². The topological polar surface area (TPSA) is 44.0 Å². The van der Waals surface area contributed by atoms with Crippen LogP contribution in [0.4, 0.5) is 8.78 Å². The molecule has 20 heavy (non-hydrogen) atoms. The molecule has 0 aliphatic carbocycles. The van der Waals surface area contributed by atoms with Gasteiger partial charge in [-0.3, -0.25) is 0 Å². The summed E-state index contributed by atoms with van der Waals surface area (Å²) in [6, 6.07) is 1.72. The molecule has 0 aliphatic rings. The molecule has 1 atom stereocenters. The lowest BCUT2D eigenvalue weighted by molar-refractivity contribution is -0.0926. The van der Waals surface area contributed by atoms with Crippen molar-refractivity contribution in [2.24, 2.45) is 5.41 Å². The van der Waals surface area contributed by atoms with Crippen LogP contribution in [0.2, 0.25) is 0 Å². The molecule has 7 heteroatoms. The smallest absolute Gasteiger partial charge is 0.266 e. The molecule has 0 aromatic heterocycles. The number of aliphatic hydroxyl groups excluding tert-OH is 1. The van der Waals surface area contributed by atoms with Crippen molar-refractivity contribution in [3.05, 3.63) is 0 Å². The minimum absolute atomic E-state index is 0.00724. The van der Waals surface area contributed by atoms with Crippen molar-refractivity contribution < 1.29 is 13.9 Å². The first-order valence-corrected chi connectivity index (χ1v) is 8.90. The largest absolute Gasteiger partial charge is 0.396 e. The Morgan fingerprint density at radius 1 is 1.30 bits per heavy atom. The van der Waals surface area contributed by atoms with Gasteiger partial charge >= 0.3 is 0 Å². The first-order chi connectivity index (χ1) is 9.33. The Labute approximate surface area is 133 Å². The van der Waals surface area contributed by atoms with E-state index in [1.165, 1.54) is 30.4 Å². The number of aliphatic hydroxyl groups is 1. The molecule has 0 bridgehead atoms. The molecule has 0 aromatic carbocycles. The van der Waals surface area contributed by atoms with E-state index in [1.54, 1.807) is 6.07 Å². The van der Waals surface area contributed by atoms with Crippen molar-refractivity contribution in [2.45, 2.75) is 45.5 Å². The van der Waals surface area contributed by atoms with Gasteiger partial charge in [0, 0.05) is 18.8 Å². The fourth-order valence-corrected chi connectivity index (χ4v) is 3.75. The normalized spacial score (nSPS) is 14.6. The fourth-order valence-electron chi connectivity index (χ4n) is 1.52. The van der Waals surface area contributed by atoms with Gasteiger partial charge in [-0.25, -0.2) is 8.78 Å². The second-order valence-electron chi connectivity index (χ2n) is 4.67. The lowest BCUT2D eigenvalue weighted by Crippen LogP contribution is -2.38. The zero-order valence-electron chi connectivity index (χ0n) is 11.8. The maximum Gasteiger partial charge on any atom is 0.266 e. The van der Waals surface area contributed by atoms with Crippen LogP contribution in [-0.4, -0.2) is 32.7 Å². The van der Waals surface area contributed by atoms with Crippen molar-refractivity contribution >= 4 is 39.3 Å². The summed E-state index contributed by atoms with van der Waals surface area (Å²) in [6.07, 6.45) is 0.819. The van der Waals surface area contributed by atoms with Crippen molar-refractivity contribution in [3.63, 3.8) is 0 Å². The number of rotatable bonds is 9. The first-order valence-electron chi connectivity index (χ1n) is 6.52. The molecular weight excluding hydrogens is 320 g/mol. The van der Waals surface area contributed by atoms with Gasteiger partial charge in [-0.05, 0) is 31.9 Å². The average Bonchev–Trinajstić information content (AvgIpc) is 2.42. The Morgan fingerprint density at radius 3 is 2.40 bits per heavy atom. The molecule has 0 spiro atoms. The molecule has 0 radical (unpaired) electrons. The molecule has 0 aromatic rings. The van der Waals surface area contributed by atoms with Crippen LogP contribution in [0, 0.1) is 16.7 Å². The van der Waals surface area contributed by atoms with Gasteiger partial charge in [0.15, 0.2) is 0 Å². The number of hydrogen-bond donors (Lipinski definition) is 1. The second-order valence-corrected chi connectivity index (χ2v) is 8.07. The van der Waals surface area contributed by atoms with E-state index in [0.29, 0.717) is 3.53 Å². The van der Waals surface area contributed by atoms with Gasteiger partial charge in [0.25, 0.3) is 5.92 Å². The Balaban J connectivity index is 4.35. The summed E-state index contributed by atoms with van der Waals surface area (Å²) in [5.41, 5.74) is -1.73. The number of thiocarbonyl (C=S) groups is 1. The molecule has 0 amide bonds. The summed E-state index contributed by atoms with van der Waals surface area (Å²) in [6.45, 7) is 3.12. The average molecular weight is 342 g/mol. The molecule has 0 fully saturated rings. The maximum absolute atomic E-state index is 14.1. The zero-order valence-corrected chi connectivity index (χ0v) is 14.3. The lowest BCUT2D eigenvalue weighted by atomic mass is 9.79. The highest BCUT2D eigenvalue weighted by Gasteiger charge is 2.49. The quantitative estimate of drug-likeness (QED) is 0.627. The van der Waals surface area contributed by atoms with Gasteiger partial charge in [0.2, 0.25) is 0 Å². The van der Waals surface area contributed by atoms with E-state index in [4.69, 9.17) is 22.6 Å². The molecule has 0 rings (SSSR count). The molecule has 0 saturated heterocycles. The zero-order chi connectivity index (χ0) is 15.6. The van der Waals surface area contributed by atoms with Gasteiger partial charge in [0.05, 0.1) is 6.07 Å². The molecule has 1 unspecified atom stereocenters. The number of nitriles is 1. The van der Waals surface area contributed by atoms with E-state index in [9.17, 15) is 8.78 Å². The molecule has 2 nitrogen and oxygen atoms in total. The van der Waals surface area contributed by atoms with Crippen LogP contribution in [0.3, 0.4) is 0 Å². The maximum atomic E-state index is 14.1. The number of nitrogens with zero attached hydrogens (tertiary/aromatic N) is 1. The lowest BCUT2D eigenvalue weighted by Gasteiger charge is -2.31. The van der Waals surface area contributed by atoms with Crippen LogP contribution in [0.25, 0.3) is 0 Å². The molecule has 0 aliphatic heterocycles. The van der Waals surface area contributed by atoms with Crippen molar-refractivity contribution in [1.29, 1.82) is 5.26 Å². The monoisotopic (exact) mass is 341 g/mol. The van der Waals surface area contributed by atoms with Gasteiger partial charge in [0.1, 0.15) is 8.94 Å². The fraction of sp³-hybridized carbons (Fsp3) is 0.846. The number of halogens is 2. The third-order valence-corrected chi connectivity index (χ3v) is 5.86. The van der Waals surface area contributed by atoms with E-state index >= 15 is 0 Å². The van der Waals surface area contributed by atoms with E-state index in [1.807, 2.05) is 6.92 Å². The van der Waals surface area contributed by atoms with Gasteiger partial charge < -0.3 is 5.11 Å². The van der Waals surface area contributed by atoms with Crippen LogP contribution in [0.5, 0.6) is 0 Å². The molecule has 0 heterocycles. The highest BCUT2D eigenvalue weighted by molar-refractivity contribution is 8.47. The van der Waals surface area contributed by atoms with Crippen LogP contribution in [0.15, 0.2) is 0 Å². The predicted molar refractivity (Wildman–Crippen MR) is 87.4 cm³/mol. The summed E-state index contributed by atoms with van der Waals surface area (Å²) in [7, 11) is 0. The molecule has 0 saturated carbocycles. The minimum atomic E-state index is -3.07. The molecule has 1 N–H and O–H groups in total. The highest BCUT2D eigenvalue weighted by Crippen LogP contribution is 2.43. The van der Waals surface area contributed by atoms with Crippen LogP contribution in [0.1, 0.15) is 39.5 Å². The Bertz CT molecular complexity index is 347. The number of thioether (sulfide) groups is 2. The summed E-state index contributed by atoms with van der Waals surface area (Å²) in [5.74, 6) is -1.97. The highest BCUT2D eigenvalue weighted by atomic mass is 32.2. The summed E-state index contributed by atoms with van der Waals surface area (Å²) in [5, 5.41) is 17.8. The van der Waals surface area contributed by atoms with E-state index in [2.05, 4.69) is 0 Å². The third-order valence-electron chi connectivity index (χ3n) is 2.95. The summed E-state index contributed by atoms with van der Waals surface area (Å²) in [4.78, 5) is 0. The molecule has 116 valence electrons. The van der Waals surface area contributed by atoms with E-state index in [0.717, 1.165) is 12.2 Å². The van der Waals surface area contributed by atoms with Gasteiger partial charge in [-0.1, -0.05) is 19.1 Å². The molecular formula is C13H21F2NOS3. The first kappa shape index (κ1) is 20.1. The minimum Gasteiger partial charge on any atom is -0.396 e. The second kappa shape index (κ2) is 9.93. The van der Waals surface area contributed by atoms with Gasteiger partial charge in [-0.15, -0.1) is 23.5 Å². The predicted octanol–water partition coefficient (Wildman–Crippen LogP) is 4.48. The Morgan fingerprint density at radius 2 is 1.90 bits per heavy atom. The van der Waals surface area contributed by atoms with Crippen LogP contribution < -0.4 is 0 Å². The Kier molecular flexibility index (Phi) is 9.98. The van der Waals surface area contributed by atoms with Crippen molar-refractivity contribution in [3.8, 4) is 6.07 Å². The van der Waals surface area contributed by atoms with Gasteiger partial charge in [-0.2, -0.15) is 5.26 Å². The number of hydrogen-bond acceptors (Lipinski definition) is 5. The van der Waals surface area contributed by atoms with Crippen LogP contribution in [-0.2, 0) is 0 Å².